The van der Waals surface area contributed by atoms with Crippen molar-refractivity contribution in [3.63, 3.8) is 0 Å². The molecule has 8 heteroatoms. The number of carbonyl (C=O) groups is 1. The molecule has 0 aliphatic carbocycles. The fraction of sp³-hybridized carbons (Fsp3) is 0.476. The lowest BCUT2D eigenvalue weighted by atomic mass is 10.0. The maximum Gasteiger partial charge on any atom is 0.410 e. The van der Waals surface area contributed by atoms with Crippen molar-refractivity contribution < 1.29 is 18.3 Å². The number of hydrogen-bond donors (Lipinski definition) is 1. The molecule has 0 radical (unpaired) electrons. The van der Waals surface area contributed by atoms with Crippen molar-refractivity contribution >= 4 is 22.8 Å². The highest BCUT2D eigenvalue weighted by atomic mass is 19.2. The van der Waals surface area contributed by atoms with Gasteiger partial charge < -0.3 is 15.0 Å². The number of amides is 1. The van der Waals surface area contributed by atoms with Crippen molar-refractivity contribution in [2.75, 3.05) is 18.4 Å². The van der Waals surface area contributed by atoms with E-state index in [1.54, 1.807) is 4.90 Å². The van der Waals surface area contributed by atoms with E-state index in [-0.39, 0.29) is 29.0 Å². The molecule has 0 spiro atoms. The number of benzene rings is 1. The molecule has 1 aliphatic rings. The van der Waals surface area contributed by atoms with Crippen LogP contribution in [-0.4, -0.2) is 40.7 Å². The molecule has 2 aromatic rings. The number of ether oxygens (including phenoxy) is 1. The third kappa shape index (κ3) is 4.91. The van der Waals surface area contributed by atoms with E-state index in [0.717, 1.165) is 31.4 Å². The third-order valence-electron chi connectivity index (χ3n) is 4.74. The van der Waals surface area contributed by atoms with E-state index in [1.807, 2.05) is 26.8 Å². The minimum absolute atomic E-state index is 0.118. The van der Waals surface area contributed by atoms with Gasteiger partial charge in [-0.15, -0.1) is 0 Å². The molecule has 29 heavy (non-hydrogen) atoms. The second kappa shape index (κ2) is 8.19. The van der Waals surface area contributed by atoms with Crippen LogP contribution in [0.15, 0.2) is 18.2 Å². The van der Waals surface area contributed by atoms with E-state index < -0.39 is 17.2 Å². The average Bonchev–Trinajstić information content (AvgIpc) is 2.65. The van der Waals surface area contributed by atoms with Gasteiger partial charge in [0.1, 0.15) is 17.5 Å². The number of likely N-dealkylation sites (tertiary alicyclic amines) is 1. The van der Waals surface area contributed by atoms with Crippen LogP contribution in [0.1, 0.15) is 45.6 Å². The van der Waals surface area contributed by atoms with Crippen LogP contribution in [0.25, 0.3) is 10.9 Å². The Kier molecular flexibility index (Phi) is 5.87. The minimum Gasteiger partial charge on any atom is -0.444 e. The lowest BCUT2D eigenvalue weighted by Crippen LogP contribution is -2.49. The van der Waals surface area contributed by atoms with Gasteiger partial charge in [0.2, 0.25) is 0 Å². The van der Waals surface area contributed by atoms with E-state index in [1.165, 1.54) is 6.07 Å². The molecule has 6 nitrogen and oxygen atoms in total. The van der Waals surface area contributed by atoms with Gasteiger partial charge in [0, 0.05) is 24.5 Å². The molecule has 1 aromatic heterocycles. The lowest BCUT2D eigenvalue weighted by Gasteiger charge is -2.37. The second-order valence-electron chi connectivity index (χ2n) is 8.16. The Morgan fingerprint density at radius 1 is 1.31 bits per heavy atom. The Bertz CT molecular complexity index is 966. The van der Waals surface area contributed by atoms with Crippen LogP contribution < -0.4 is 5.32 Å². The zero-order valence-electron chi connectivity index (χ0n) is 16.8. The van der Waals surface area contributed by atoms with Gasteiger partial charge in [-0.2, -0.15) is 5.26 Å². The molecule has 1 saturated heterocycles. The number of rotatable bonds is 3. The molecule has 154 valence electrons. The Morgan fingerprint density at radius 2 is 2.03 bits per heavy atom. The van der Waals surface area contributed by atoms with E-state index in [9.17, 15) is 18.8 Å². The van der Waals surface area contributed by atoms with Gasteiger partial charge in [-0.3, -0.25) is 0 Å². The maximum atomic E-state index is 13.6. The number of piperidine rings is 1. The molecular formula is C21H24F2N4O2. The Hall–Kier alpha value is -2.95. The summed E-state index contributed by atoms with van der Waals surface area (Å²) >= 11 is 0. The fourth-order valence-corrected chi connectivity index (χ4v) is 3.38. The summed E-state index contributed by atoms with van der Waals surface area (Å²) in [7, 11) is 0. The van der Waals surface area contributed by atoms with Gasteiger partial charge >= 0.3 is 6.09 Å². The number of nitrogens with zero attached hydrogens (tertiary/aromatic N) is 3. The number of nitriles is 1. The first-order valence-electron chi connectivity index (χ1n) is 9.61. The van der Waals surface area contributed by atoms with E-state index in [2.05, 4.69) is 10.3 Å². The van der Waals surface area contributed by atoms with Gasteiger partial charge in [-0.1, -0.05) is 0 Å². The van der Waals surface area contributed by atoms with Gasteiger partial charge in [-0.05, 0) is 52.2 Å². The molecule has 1 aromatic carbocycles. The van der Waals surface area contributed by atoms with Crippen LogP contribution in [0.5, 0.6) is 0 Å². The van der Waals surface area contributed by atoms with E-state index >= 15 is 0 Å². The Labute approximate surface area is 168 Å². The zero-order chi connectivity index (χ0) is 21.2. The summed E-state index contributed by atoms with van der Waals surface area (Å²) in [5.41, 5.74) is -0.110. The summed E-state index contributed by atoms with van der Waals surface area (Å²) in [5.74, 6) is -1.70. The number of aromatic nitrogens is 1. The largest absolute Gasteiger partial charge is 0.444 e. The standard InChI is InChI=1S/C21H24F2N4O2/c1-21(2,3)29-20(28)27-7-5-4-6-15(27)12-25-19-14(11-24)8-13-9-16(22)17(23)10-18(13)26-19/h8-10,15H,4-7,12H2,1-3H3,(H,25,26)/t15-/m0/s1. The van der Waals surface area contributed by atoms with Gasteiger partial charge in [-0.25, -0.2) is 18.6 Å². The van der Waals surface area contributed by atoms with E-state index in [4.69, 9.17) is 4.74 Å². The number of hydrogen-bond acceptors (Lipinski definition) is 5. The highest BCUT2D eigenvalue weighted by molar-refractivity contribution is 5.83. The maximum absolute atomic E-state index is 13.6. The molecule has 3 rings (SSSR count). The molecule has 1 atom stereocenters. The topological polar surface area (TPSA) is 78.2 Å². The third-order valence-corrected chi connectivity index (χ3v) is 4.74. The number of halogens is 2. The van der Waals surface area contributed by atoms with Crippen molar-refractivity contribution in [3.8, 4) is 6.07 Å². The molecule has 1 N–H and O–H groups in total. The number of nitrogens with one attached hydrogen (secondary N) is 1. The first kappa shape index (κ1) is 20.8. The van der Waals surface area contributed by atoms with Crippen LogP contribution in [-0.2, 0) is 4.74 Å². The first-order chi connectivity index (χ1) is 13.7. The first-order valence-corrected chi connectivity index (χ1v) is 9.61. The van der Waals surface area contributed by atoms with Crippen molar-refractivity contribution in [1.29, 1.82) is 5.26 Å². The van der Waals surface area contributed by atoms with Crippen molar-refractivity contribution in [1.82, 2.24) is 9.88 Å². The quantitative estimate of drug-likeness (QED) is 0.813. The van der Waals surface area contributed by atoms with Crippen molar-refractivity contribution in [2.45, 2.75) is 51.7 Å². The number of fused-ring (bicyclic) bond motifs is 1. The van der Waals surface area contributed by atoms with Crippen molar-refractivity contribution in [3.05, 3.63) is 35.4 Å². The predicted molar refractivity (Wildman–Crippen MR) is 105 cm³/mol. The van der Waals surface area contributed by atoms with Crippen LogP contribution in [0, 0.1) is 23.0 Å². The van der Waals surface area contributed by atoms with Gasteiger partial charge in [0.15, 0.2) is 11.6 Å². The fourth-order valence-electron chi connectivity index (χ4n) is 3.38. The second-order valence-corrected chi connectivity index (χ2v) is 8.16. The summed E-state index contributed by atoms with van der Waals surface area (Å²) in [4.78, 5) is 18.5. The molecule has 0 saturated carbocycles. The molecule has 0 unspecified atom stereocenters. The van der Waals surface area contributed by atoms with Crippen molar-refractivity contribution in [2.24, 2.45) is 0 Å². The SMILES string of the molecule is CC(C)(C)OC(=O)N1CCCC[C@H]1CNc1nc2cc(F)c(F)cc2cc1C#N. The minimum atomic E-state index is -0.996. The smallest absolute Gasteiger partial charge is 0.410 e. The molecular weight excluding hydrogens is 378 g/mol. The summed E-state index contributed by atoms with van der Waals surface area (Å²) in [6.45, 7) is 6.44. The molecule has 2 heterocycles. The Morgan fingerprint density at radius 3 is 2.72 bits per heavy atom. The van der Waals surface area contributed by atoms with E-state index in [0.29, 0.717) is 18.5 Å². The van der Waals surface area contributed by atoms with Gasteiger partial charge in [0.05, 0.1) is 17.1 Å². The average molecular weight is 402 g/mol. The highest BCUT2D eigenvalue weighted by Crippen LogP contribution is 2.24. The molecule has 1 aliphatic heterocycles. The van der Waals surface area contributed by atoms with Crippen LogP contribution in [0.4, 0.5) is 19.4 Å². The molecule has 1 amide bonds. The monoisotopic (exact) mass is 402 g/mol. The number of anilines is 1. The summed E-state index contributed by atoms with van der Waals surface area (Å²) < 4.78 is 32.5. The van der Waals surface area contributed by atoms with Crippen LogP contribution in [0.3, 0.4) is 0 Å². The van der Waals surface area contributed by atoms with Crippen LogP contribution >= 0.6 is 0 Å². The summed E-state index contributed by atoms with van der Waals surface area (Å²) in [5, 5.41) is 12.9. The number of pyridine rings is 1. The lowest BCUT2D eigenvalue weighted by molar-refractivity contribution is 0.0114. The summed E-state index contributed by atoms with van der Waals surface area (Å²) in [6, 6.07) is 5.41. The zero-order valence-corrected chi connectivity index (χ0v) is 16.8. The Balaban J connectivity index is 1.80. The van der Waals surface area contributed by atoms with Gasteiger partial charge in [0.25, 0.3) is 0 Å². The van der Waals surface area contributed by atoms with Crippen LogP contribution in [0.2, 0.25) is 0 Å². The highest BCUT2D eigenvalue weighted by Gasteiger charge is 2.30. The predicted octanol–water partition coefficient (Wildman–Crippen LogP) is 4.59. The molecule has 0 bridgehead atoms. The molecule has 1 fully saturated rings. The normalized spacial score (nSPS) is 17.1. The summed E-state index contributed by atoms with van der Waals surface area (Å²) in [6.07, 6.45) is 2.31. The number of carbonyl (C=O) groups excluding carboxylic acids is 1.